The van der Waals surface area contributed by atoms with E-state index in [0.29, 0.717) is 21.2 Å². The van der Waals surface area contributed by atoms with Crippen molar-refractivity contribution < 1.29 is 39.6 Å². The van der Waals surface area contributed by atoms with Gasteiger partial charge in [0.2, 0.25) is 21.7 Å². The minimum Gasteiger partial charge on any atom is -0.304 e. The summed E-state index contributed by atoms with van der Waals surface area (Å²) in [4.78, 5) is 12.9. The number of hydrogen-bond donors (Lipinski definition) is 1. The second kappa shape index (κ2) is 11.5. The molecule has 1 saturated heterocycles. The number of nitrogens with one attached hydrogen (secondary N) is 1. The number of benzene rings is 3. The zero-order chi connectivity index (χ0) is 31.3. The number of nitrogens with zero attached hydrogens (tertiary/aromatic N) is 3. The Kier molecular flexibility index (Phi) is 7.91. The van der Waals surface area contributed by atoms with E-state index in [1.165, 1.54) is 24.8 Å². The molecule has 3 aromatic carbocycles. The molecule has 0 spiro atoms. The molecule has 2 heterocycles. The Morgan fingerprint density at radius 3 is 2.09 bits per heavy atom. The fourth-order valence-corrected chi connectivity index (χ4v) is 7.72. The fourth-order valence-electron chi connectivity index (χ4n) is 5.98. The lowest BCUT2D eigenvalue weighted by atomic mass is 9.84. The number of hydrogen-bond acceptors (Lipinski definition) is 4. The summed E-state index contributed by atoms with van der Waals surface area (Å²) < 4.78 is 113. The first kappa shape index (κ1) is 30.1. The van der Waals surface area contributed by atoms with E-state index in [1.54, 1.807) is 12.1 Å². The molecule has 1 saturated carbocycles. The molecule has 4 aromatic rings. The van der Waals surface area contributed by atoms with Gasteiger partial charge in [-0.1, -0.05) is 43.5 Å². The van der Waals surface area contributed by atoms with Crippen molar-refractivity contribution in [3.8, 4) is 0 Å². The Morgan fingerprint density at radius 1 is 0.841 bits per heavy atom. The lowest BCUT2D eigenvalue weighted by Gasteiger charge is -2.41. The number of anilines is 1. The number of halogens is 6. The van der Waals surface area contributed by atoms with Crippen molar-refractivity contribution in [1.29, 1.82) is 0 Å². The summed E-state index contributed by atoms with van der Waals surface area (Å²) in [6, 6.07) is 8.68. The van der Waals surface area contributed by atoms with Crippen molar-refractivity contribution in [3.05, 3.63) is 88.6 Å². The minimum absolute atomic E-state index is 0.00700. The first-order valence-electron chi connectivity index (χ1n) is 14.1. The van der Waals surface area contributed by atoms with Crippen molar-refractivity contribution in [3.63, 3.8) is 0 Å². The molecule has 1 amide bonds. The third-order valence-electron chi connectivity index (χ3n) is 8.48. The molecule has 232 valence electrons. The van der Waals surface area contributed by atoms with Crippen LogP contribution in [0.3, 0.4) is 0 Å². The van der Waals surface area contributed by atoms with Crippen LogP contribution in [0, 0.1) is 34.9 Å². The average Bonchev–Trinajstić information content (AvgIpc) is 3.48. The van der Waals surface area contributed by atoms with Crippen molar-refractivity contribution >= 4 is 32.5 Å². The summed E-state index contributed by atoms with van der Waals surface area (Å²) >= 11 is 0. The summed E-state index contributed by atoms with van der Waals surface area (Å²) in [5.74, 6) is -13.8. The topological polar surface area (TPSA) is 86.4 Å². The largest absolute Gasteiger partial charge is 0.304 e. The lowest BCUT2D eigenvalue weighted by molar-refractivity contribution is -0.125. The monoisotopic (exact) mass is 636 g/mol. The molecule has 44 heavy (non-hydrogen) atoms. The molecule has 6 rings (SSSR count). The Morgan fingerprint density at radius 2 is 1.48 bits per heavy atom. The third kappa shape index (κ3) is 5.03. The van der Waals surface area contributed by atoms with Gasteiger partial charge in [0, 0.05) is 11.9 Å². The van der Waals surface area contributed by atoms with Gasteiger partial charge in [0.1, 0.15) is 11.6 Å². The van der Waals surface area contributed by atoms with Crippen LogP contribution in [0.1, 0.15) is 55.6 Å². The average molecular weight is 637 g/mol. The molecular weight excluding hydrogens is 610 g/mol. The number of carbonyl (C=O) groups is 1. The smallest absolute Gasteiger partial charge is 0.249 e. The van der Waals surface area contributed by atoms with Gasteiger partial charge in [-0.15, -0.1) is 0 Å². The summed E-state index contributed by atoms with van der Waals surface area (Å²) in [6.07, 6.45) is 6.83. The molecule has 14 heteroatoms. The number of H-pyrrole nitrogens is 1. The molecule has 0 bridgehead atoms. The summed E-state index contributed by atoms with van der Waals surface area (Å²) in [5.41, 5.74) is 1.50. The predicted octanol–water partition coefficient (Wildman–Crippen LogP) is 6.44. The number of rotatable bonds is 7. The van der Waals surface area contributed by atoms with E-state index in [2.05, 4.69) is 10.2 Å². The van der Waals surface area contributed by atoms with Crippen LogP contribution < -0.4 is 4.90 Å². The van der Waals surface area contributed by atoms with Crippen molar-refractivity contribution in [2.24, 2.45) is 0 Å². The number of sulfonamides is 1. The van der Waals surface area contributed by atoms with Crippen LogP contribution in [-0.2, 0) is 21.4 Å². The molecule has 1 unspecified atom stereocenters. The highest BCUT2D eigenvalue weighted by atomic mass is 32.2. The molecule has 1 N–H and O–H groups in total. The SMILES string of the molecule is O=C(C1CCN1S(=O)(=O)c1c(F)c(F)c(F)c(F)c1F)N(Cc1ccc(C2CCCCC2)cc1)c1ccc2cn[nH]c2c1F. The maximum absolute atomic E-state index is 15.7. The van der Waals surface area contributed by atoms with Gasteiger partial charge in [0.15, 0.2) is 34.0 Å². The predicted molar refractivity (Wildman–Crippen MR) is 148 cm³/mol. The maximum Gasteiger partial charge on any atom is 0.249 e. The number of aromatic amines is 1. The summed E-state index contributed by atoms with van der Waals surface area (Å²) in [5, 5.41) is 6.73. The van der Waals surface area contributed by atoms with Gasteiger partial charge < -0.3 is 4.90 Å². The van der Waals surface area contributed by atoms with Crippen molar-refractivity contribution in [2.45, 2.75) is 61.9 Å². The Labute approximate surface area is 248 Å². The number of fused-ring (bicyclic) bond motifs is 1. The number of amides is 1. The van der Waals surface area contributed by atoms with E-state index in [1.807, 2.05) is 12.1 Å². The zero-order valence-electron chi connectivity index (χ0n) is 23.1. The molecule has 7 nitrogen and oxygen atoms in total. The van der Waals surface area contributed by atoms with Gasteiger partial charge in [-0.05, 0) is 48.4 Å². The molecule has 1 aromatic heterocycles. The normalized spacial score (nSPS) is 18.0. The van der Waals surface area contributed by atoms with E-state index in [0.717, 1.165) is 36.1 Å². The van der Waals surface area contributed by atoms with Crippen LogP contribution in [0.15, 0.2) is 47.5 Å². The standard InChI is InChI=1S/C30H26F6N4O3S/c31-22-20(11-10-19-14-37-38-28(19)22)39(15-16-6-8-18(9-7-16)17-4-2-1-3-5-17)30(41)21-12-13-40(21)44(42,43)29-26(35)24(33)23(32)25(34)27(29)36/h6-11,14,17,21H,1-5,12-13,15H2,(H,37,38). The van der Waals surface area contributed by atoms with Crippen LogP contribution in [-0.4, -0.2) is 41.4 Å². The lowest BCUT2D eigenvalue weighted by Crippen LogP contribution is -2.59. The Hall–Kier alpha value is -3.91. The van der Waals surface area contributed by atoms with Gasteiger partial charge in [0.25, 0.3) is 0 Å². The second-order valence-corrected chi connectivity index (χ2v) is 12.9. The van der Waals surface area contributed by atoms with E-state index in [4.69, 9.17) is 0 Å². The number of carbonyl (C=O) groups excluding carboxylic acids is 1. The van der Waals surface area contributed by atoms with Gasteiger partial charge in [-0.3, -0.25) is 9.89 Å². The highest BCUT2D eigenvalue weighted by Gasteiger charge is 2.48. The second-order valence-electron chi connectivity index (χ2n) is 11.1. The van der Waals surface area contributed by atoms with Crippen LogP contribution in [0.25, 0.3) is 10.9 Å². The highest BCUT2D eigenvalue weighted by Crippen LogP contribution is 2.37. The quantitative estimate of drug-likeness (QED) is 0.144. The molecule has 1 aliphatic heterocycles. The van der Waals surface area contributed by atoms with Gasteiger partial charge in [0.05, 0.1) is 18.4 Å². The maximum atomic E-state index is 15.7. The first-order valence-corrected chi connectivity index (χ1v) is 15.5. The highest BCUT2D eigenvalue weighted by molar-refractivity contribution is 7.89. The first-order chi connectivity index (χ1) is 21.0. The van der Waals surface area contributed by atoms with Crippen molar-refractivity contribution in [1.82, 2.24) is 14.5 Å². The molecule has 2 aliphatic rings. The molecular formula is C30H26F6N4O3S. The molecule has 1 aliphatic carbocycles. The van der Waals surface area contributed by atoms with E-state index in [9.17, 15) is 35.2 Å². The fraction of sp³-hybridized carbons (Fsp3) is 0.333. The van der Waals surface area contributed by atoms with Gasteiger partial charge >= 0.3 is 0 Å². The molecule has 1 atom stereocenters. The Bertz CT molecular complexity index is 1830. The molecule has 2 fully saturated rings. The summed E-state index contributed by atoms with van der Waals surface area (Å²) in [7, 11) is -5.38. The van der Waals surface area contributed by atoms with E-state index in [-0.39, 0.29) is 24.2 Å². The Balaban J connectivity index is 1.35. The zero-order valence-corrected chi connectivity index (χ0v) is 23.9. The van der Waals surface area contributed by atoms with Crippen molar-refractivity contribution in [2.75, 3.05) is 11.4 Å². The minimum atomic E-state index is -5.38. The van der Waals surface area contributed by atoms with E-state index >= 15 is 4.39 Å². The van der Waals surface area contributed by atoms with E-state index < -0.39 is 68.3 Å². The molecule has 0 radical (unpaired) electrons. The third-order valence-corrected chi connectivity index (χ3v) is 10.4. The summed E-state index contributed by atoms with van der Waals surface area (Å²) in [6.45, 7) is -0.641. The van der Waals surface area contributed by atoms with Gasteiger partial charge in [-0.2, -0.15) is 9.40 Å². The number of aromatic nitrogens is 2. The van der Waals surface area contributed by atoms with Gasteiger partial charge in [-0.25, -0.2) is 34.8 Å². The van der Waals surface area contributed by atoms with Crippen LogP contribution in [0.2, 0.25) is 0 Å². The van der Waals surface area contributed by atoms with Crippen LogP contribution in [0.4, 0.5) is 32.0 Å². The van der Waals surface area contributed by atoms with Crippen LogP contribution >= 0.6 is 0 Å². The van der Waals surface area contributed by atoms with Crippen LogP contribution in [0.5, 0.6) is 0 Å².